The number of nitrogens with zero attached hydrogens (tertiary/aromatic N) is 3. The fourth-order valence-corrected chi connectivity index (χ4v) is 2.89. The number of aromatic nitrogens is 3. The first kappa shape index (κ1) is 14.4. The summed E-state index contributed by atoms with van der Waals surface area (Å²) in [6.07, 6.45) is 5.42. The summed E-state index contributed by atoms with van der Waals surface area (Å²) >= 11 is 0. The van der Waals surface area contributed by atoms with Crippen molar-refractivity contribution in [3.05, 3.63) is 35.0 Å². The van der Waals surface area contributed by atoms with Crippen LogP contribution in [0.3, 0.4) is 0 Å². The normalized spacial score (nSPS) is 20.3. The van der Waals surface area contributed by atoms with Crippen molar-refractivity contribution in [2.75, 3.05) is 13.2 Å². The smallest absolute Gasteiger partial charge is 0.273 e. The Bertz CT molecular complexity index is 717. The van der Waals surface area contributed by atoms with Crippen molar-refractivity contribution in [1.29, 1.82) is 0 Å². The number of amides is 1. The Morgan fingerprint density at radius 2 is 2.35 bits per heavy atom. The minimum Gasteiger partial charge on any atom is -0.370 e. The maximum atomic E-state index is 12.1. The van der Waals surface area contributed by atoms with Gasteiger partial charge in [0.15, 0.2) is 5.69 Å². The van der Waals surface area contributed by atoms with E-state index in [9.17, 15) is 4.79 Å². The van der Waals surface area contributed by atoms with Gasteiger partial charge in [-0.25, -0.2) is 0 Å². The van der Waals surface area contributed by atoms with E-state index in [4.69, 9.17) is 9.26 Å². The lowest BCUT2D eigenvalue weighted by atomic mass is 10.1. The summed E-state index contributed by atoms with van der Waals surface area (Å²) < 4.78 is 12.8. The quantitative estimate of drug-likeness (QED) is 0.906. The molecule has 1 unspecified atom stereocenters. The molecule has 0 radical (unpaired) electrons. The van der Waals surface area contributed by atoms with Crippen LogP contribution in [0, 0.1) is 12.8 Å². The van der Waals surface area contributed by atoms with Crippen LogP contribution in [0.2, 0.25) is 0 Å². The van der Waals surface area contributed by atoms with Gasteiger partial charge in [0.05, 0.1) is 12.3 Å². The minimum absolute atomic E-state index is 0.198. The zero-order valence-electron chi connectivity index (χ0n) is 13.1. The molecular formula is C16H20N4O3. The van der Waals surface area contributed by atoms with Gasteiger partial charge in [0.2, 0.25) is 0 Å². The third-order valence-corrected chi connectivity index (χ3v) is 4.32. The number of carbonyl (C=O) groups excluding carboxylic acids is 1. The zero-order valence-corrected chi connectivity index (χ0v) is 13.1. The van der Waals surface area contributed by atoms with Crippen LogP contribution in [0.4, 0.5) is 0 Å². The number of hydrogen-bond acceptors (Lipinski definition) is 5. The number of nitrogens with one attached hydrogen (secondary N) is 1. The molecule has 0 bridgehead atoms. The van der Waals surface area contributed by atoms with Gasteiger partial charge in [0.1, 0.15) is 11.9 Å². The van der Waals surface area contributed by atoms with E-state index in [0.29, 0.717) is 18.9 Å². The third kappa shape index (κ3) is 3.14. The summed E-state index contributed by atoms with van der Waals surface area (Å²) in [4.78, 5) is 12.1. The van der Waals surface area contributed by atoms with E-state index in [2.05, 4.69) is 21.8 Å². The first-order valence-electron chi connectivity index (χ1n) is 8.08. The molecule has 1 atom stereocenters. The molecule has 122 valence electrons. The highest BCUT2D eigenvalue weighted by atomic mass is 16.5. The number of hydrogen-bond donors (Lipinski definition) is 1. The average molecular weight is 316 g/mol. The Hall–Kier alpha value is -2.15. The van der Waals surface area contributed by atoms with Gasteiger partial charge in [0, 0.05) is 25.4 Å². The second-order valence-electron chi connectivity index (χ2n) is 6.35. The molecule has 1 amide bonds. The molecule has 1 aliphatic heterocycles. The molecule has 1 fully saturated rings. The van der Waals surface area contributed by atoms with Gasteiger partial charge >= 0.3 is 0 Å². The molecule has 4 rings (SSSR count). The summed E-state index contributed by atoms with van der Waals surface area (Å²) in [5, 5.41) is 11.2. The van der Waals surface area contributed by atoms with Crippen LogP contribution in [0.15, 0.2) is 16.8 Å². The molecule has 2 aromatic rings. The van der Waals surface area contributed by atoms with Gasteiger partial charge < -0.3 is 14.6 Å². The van der Waals surface area contributed by atoms with Crippen molar-refractivity contribution in [2.24, 2.45) is 5.92 Å². The molecule has 7 heteroatoms. The summed E-state index contributed by atoms with van der Waals surface area (Å²) in [6, 6.07) is 1.62. The monoisotopic (exact) mass is 316 g/mol. The van der Waals surface area contributed by atoms with Crippen LogP contribution in [-0.4, -0.2) is 34.0 Å². The summed E-state index contributed by atoms with van der Waals surface area (Å²) in [5.74, 6) is 1.14. The fraction of sp³-hybridized carbons (Fsp3) is 0.562. The van der Waals surface area contributed by atoms with Crippen LogP contribution >= 0.6 is 0 Å². The maximum Gasteiger partial charge on any atom is 0.273 e. The van der Waals surface area contributed by atoms with Crippen molar-refractivity contribution in [3.63, 3.8) is 0 Å². The van der Waals surface area contributed by atoms with Crippen molar-refractivity contribution >= 4 is 5.91 Å². The molecule has 3 heterocycles. The van der Waals surface area contributed by atoms with Crippen LogP contribution in [0.5, 0.6) is 0 Å². The van der Waals surface area contributed by atoms with E-state index in [1.165, 1.54) is 18.4 Å². The highest BCUT2D eigenvalue weighted by Gasteiger charge is 2.28. The summed E-state index contributed by atoms with van der Waals surface area (Å²) in [5.41, 5.74) is 2.47. The average Bonchev–Trinajstić information content (AvgIpc) is 3.07. The fourth-order valence-electron chi connectivity index (χ4n) is 2.89. The molecule has 0 saturated heterocycles. The Labute approximate surface area is 134 Å². The van der Waals surface area contributed by atoms with E-state index in [1.54, 1.807) is 13.0 Å². The maximum absolute atomic E-state index is 12.1. The van der Waals surface area contributed by atoms with Crippen LogP contribution in [0.1, 0.15) is 46.5 Å². The highest BCUT2D eigenvalue weighted by molar-refractivity contribution is 5.92. The topological polar surface area (TPSA) is 82.2 Å². The first-order chi connectivity index (χ1) is 11.2. The predicted molar refractivity (Wildman–Crippen MR) is 80.9 cm³/mol. The van der Waals surface area contributed by atoms with E-state index in [0.717, 1.165) is 24.6 Å². The van der Waals surface area contributed by atoms with Gasteiger partial charge in [-0.2, -0.15) is 5.10 Å². The first-order valence-corrected chi connectivity index (χ1v) is 8.08. The molecule has 1 N–H and O–H groups in total. The second kappa shape index (κ2) is 5.81. The van der Waals surface area contributed by atoms with Crippen molar-refractivity contribution < 1.29 is 14.1 Å². The second-order valence-corrected chi connectivity index (χ2v) is 6.35. The Morgan fingerprint density at radius 3 is 3.09 bits per heavy atom. The standard InChI is InChI=1S/C16H20N4O3/c1-10-6-13(19-23-10)16(21)17-7-14-15-12(4-5-22-14)9-20(18-15)8-11-2-3-11/h6,9,11,14H,2-5,7-8H2,1H3,(H,17,21). The summed E-state index contributed by atoms with van der Waals surface area (Å²) in [6.45, 7) is 3.79. The highest BCUT2D eigenvalue weighted by Crippen LogP contribution is 2.32. The Morgan fingerprint density at radius 1 is 1.48 bits per heavy atom. The summed E-state index contributed by atoms with van der Waals surface area (Å²) in [7, 11) is 0. The van der Waals surface area contributed by atoms with Gasteiger partial charge in [-0.15, -0.1) is 0 Å². The molecule has 2 aromatic heterocycles. The van der Waals surface area contributed by atoms with Crippen molar-refractivity contribution in [1.82, 2.24) is 20.3 Å². The Balaban J connectivity index is 1.41. The lowest BCUT2D eigenvalue weighted by Gasteiger charge is -2.21. The largest absolute Gasteiger partial charge is 0.370 e. The minimum atomic E-state index is -0.255. The van der Waals surface area contributed by atoms with E-state index in [-0.39, 0.29) is 17.7 Å². The van der Waals surface area contributed by atoms with Gasteiger partial charge in [-0.1, -0.05) is 5.16 Å². The molecular weight excluding hydrogens is 296 g/mol. The van der Waals surface area contributed by atoms with E-state index >= 15 is 0 Å². The Kier molecular flexibility index (Phi) is 3.65. The number of carbonyl (C=O) groups is 1. The molecule has 1 saturated carbocycles. The number of rotatable bonds is 5. The van der Waals surface area contributed by atoms with Crippen LogP contribution < -0.4 is 5.32 Å². The van der Waals surface area contributed by atoms with Gasteiger partial charge in [-0.05, 0) is 37.7 Å². The van der Waals surface area contributed by atoms with Gasteiger partial charge in [0.25, 0.3) is 5.91 Å². The number of aryl methyl sites for hydroxylation is 1. The molecule has 2 aliphatic rings. The lowest BCUT2D eigenvalue weighted by Crippen LogP contribution is -2.32. The van der Waals surface area contributed by atoms with Gasteiger partial charge in [-0.3, -0.25) is 9.48 Å². The number of fused-ring (bicyclic) bond motifs is 1. The number of ether oxygens (including phenoxy) is 1. The zero-order chi connectivity index (χ0) is 15.8. The predicted octanol–water partition coefficient (Wildman–Crippen LogP) is 1.63. The SMILES string of the molecule is Cc1cc(C(=O)NCC2OCCc3cn(CC4CC4)nc32)no1. The van der Waals surface area contributed by atoms with E-state index in [1.807, 2.05) is 4.68 Å². The van der Waals surface area contributed by atoms with Crippen molar-refractivity contribution in [3.8, 4) is 0 Å². The lowest BCUT2D eigenvalue weighted by molar-refractivity contribution is 0.0382. The molecule has 0 aromatic carbocycles. The molecule has 7 nitrogen and oxygen atoms in total. The van der Waals surface area contributed by atoms with Crippen LogP contribution in [0.25, 0.3) is 0 Å². The molecule has 0 spiro atoms. The van der Waals surface area contributed by atoms with Crippen molar-refractivity contribution in [2.45, 2.75) is 38.8 Å². The molecule has 1 aliphatic carbocycles. The van der Waals surface area contributed by atoms with Crippen LogP contribution in [-0.2, 0) is 17.7 Å². The molecule has 23 heavy (non-hydrogen) atoms. The third-order valence-electron chi connectivity index (χ3n) is 4.32. The van der Waals surface area contributed by atoms with E-state index < -0.39 is 0 Å².